The zero-order valence-electron chi connectivity index (χ0n) is 16.6. The first kappa shape index (κ1) is 20.7. The highest BCUT2D eigenvalue weighted by Gasteiger charge is 2.27. The number of hydrogen-bond acceptors (Lipinski definition) is 6. The summed E-state index contributed by atoms with van der Waals surface area (Å²) in [5, 5.41) is 23.1. The number of carbonyl (C=O) groups excluding carboxylic acids is 1. The van der Waals surface area contributed by atoms with Gasteiger partial charge in [0.2, 0.25) is 5.91 Å². The molecule has 0 aliphatic carbocycles. The molecule has 1 aromatic heterocycles. The molecule has 1 aliphatic rings. The van der Waals surface area contributed by atoms with E-state index in [2.05, 4.69) is 15.5 Å². The van der Waals surface area contributed by atoms with Gasteiger partial charge < -0.3 is 10.2 Å². The molecule has 1 N–H and O–H groups in total. The van der Waals surface area contributed by atoms with Gasteiger partial charge in [0.1, 0.15) is 0 Å². The van der Waals surface area contributed by atoms with E-state index in [4.69, 9.17) is 11.6 Å². The number of carbonyl (C=O) groups is 1. The molecule has 1 aliphatic heterocycles. The molecule has 0 bridgehead atoms. The van der Waals surface area contributed by atoms with Gasteiger partial charge in [-0.15, -0.1) is 10.2 Å². The lowest BCUT2D eigenvalue weighted by Gasteiger charge is -2.32. The Morgan fingerprint density at radius 1 is 1.13 bits per heavy atom. The number of nitro groups is 1. The van der Waals surface area contributed by atoms with Crippen molar-refractivity contribution in [3.05, 3.63) is 75.8 Å². The van der Waals surface area contributed by atoms with Crippen LogP contribution >= 0.6 is 11.6 Å². The Morgan fingerprint density at radius 3 is 2.65 bits per heavy atom. The van der Waals surface area contributed by atoms with Crippen molar-refractivity contribution in [1.29, 1.82) is 0 Å². The van der Waals surface area contributed by atoms with Crippen molar-refractivity contribution >= 4 is 34.7 Å². The Bertz CT molecular complexity index is 1090. The summed E-state index contributed by atoms with van der Waals surface area (Å²) in [4.78, 5) is 25.2. The second-order valence-corrected chi connectivity index (χ2v) is 7.80. The summed E-state index contributed by atoms with van der Waals surface area (Å²) in [6, 6.07) is 17.1. The van der Waals surface area contributed by atoms with Crippen LogP contribution in [-0.2, 0) is 4.79 Å². The largest absolute Gasteiger partial charge is 0.354 e. The Balaban J connectivity index is 1.42. The van der Waals surface area contributed by atoms with Crippen LogP contribution in [0.1, 0.15) is 12.8 Å². The van der Waals surface area contributed by atoms with Crippen molar-refractivity contribution in [2.45, 2.75) is 12.8 Å². The third kappa shape index (κ3) is 4.97. The van der Waals surface area contributed by atoms with Crippen molar-refractivity contribution in [1.82, 2.24) is 10.2 Å². The maximum absolute atomic E-state index is 12.7. The monoisotopic (exact) mass is 437 g/mol. The van der Waals surface area contributed by atoms with E-state index in [1.807, 2.05) is 41.3 Å². The lowest BCUT2D eigenvalue weighted by molar-refractivity contribution is -0.384. The minimum absolute atomic E-state index is 0.0564. The molecule has 0 radical (unpaired) electrons. The number of anilines is 2. The van der Waals surface area contributed by atoms with Gasteiger partial charge in [0.15, 0.2) is 5.82 Å². The van der Waals surface area contributed by atoms with E-state index in [0.717, 1.165) is 30.6 Å². The Hall–Kier alpha value is -3.52. The average Bonchev–Trinajstić information content (AvgIpc) is 2.80. The van der Waals surface area contributed by atoms with Crippen molar-refractivity contribution < 1.29 is 9.72 Å². The highest BCUT2D eigenvalue weighted by Crippen LogP contribution is 2.25. The van der Waals surface area contributed by atoms with Crippen LogP contribution in [-0.4, -0.2) is 34.1 Å². The minimum atomic E-state index is -0.482. The van der Waals surface area contributed by atoms with Gasteiger partial charge >= 0.3 is 0 Å². The molecule has 1 fully saturated rings. The molecule has 1 atom stereocenters. The third-order valence-electron chi connectivity index (χ3n) is 5.23. The lowest BCUT2D eigenvalue weighted by Crippen LogP contribution is -2.41. The van der Waals surface area contributed by atoms with Gasteiger partial charge in [0.05, 0.1) is 16.5 Å². The summed E-state index contributed by atoms with van der Waals surface area (Å²) in [6.45, 7) is 1.30. The molecule has 9 heteroatoms. The molecular weight excluding hydrogens is 418 g/mol. The Labute approximate surface area is 184 Å². The minimum Gasteiger partial charge on any atom is -0.354 e. The predicted octanol–water partition coefficient (Wildman–Crippen LogP) is 4.56. The number of hydrogen-bond donors (Lipinski definition) is 1. The van der Waals surface area contributed by atoms with Crippen LogP contribution in [0.25, 0.3) is 11.3 Å². The number of non-ortho nitro benzene ring substituents is 1. The Morgan fingerprint density at radius 2 is 1.94 bits per heavy atom. The van der Waals surface area contributed by atoms with Gasteiger partial charge in [-0.05, 0) is 43.2 Å². The zero-order chi connectivity index (χ0) is 21.8. The smallest absolute Gasteiger partial charge is 0.271 e. The molecule has 3 aromatic rings. The van der Waals surface area contributed by atoms with E-state index in [-0.39, 0.29) is 17.5 Å². The van der Waals surface area contributed by atoms with Gasteiger partial charge in [-0.3, -0.25) is 14.9 Å². The van der Waals surface area contributed by atoms with Crippen LogP contribution in [0.5, 0.6) is 0 Å². The molecule has 1 unspecified atom stereocenters. The maximum atomic E-state index is 12.7. The fraction of sp³-hybridized carbons (Fsp3) is 0.227. The number of nitro benzene ring substituents is 1. The third-order valence-corrected chi connectivity index (χ3v) is 5.48. The fourth-order valence-electron chi connectivity index (χ4n) is 3.61. The van der Waals surface area contributed by atoms with Crippen molar-refractivity contribution in [3.8, 4) is 11.3 Å². The highest BCUT2D eigenvalue weighted by atomic mass is 35.5. The topological polar surface area (TPSA) is 101 Å². The molecule has 0 saturated carbocycles. The standard InChI is InChI=1S/C22H20ClN5O3/c23-17-8-6-15(7-9-17)20-10-11-21(26-25-20)27-12-2-3-16(14-27)22(29)24-18-4-1-5-19(13-18)28(30)31/h1,4-11,13,16H,2-3,12,14H2,(H,24,29). The summed E-state index contributed by atoms with van der Waals surface area (Å²) < 4.78 is 0. The summed E-state index contributed by atoms with van der Waals surface area (Å²) >= 11 is 5.93. The number of piperidine rings is 1. The van der Waals surface area contributed by atoms with Crippen LogP contribution in [0, 0.1) is 16.0 Å². The molecule has 2 aromatic carbocycles. The van der Waals surface area contributed by atoms with Crippen LogP contribution in [0.2, 0.25) is 5.02 Å². The van der Waals surface area contributed by atoms with Crippen molar-refractivity contribution in [2.75, 3.05) is 23.3 Å². The van der Waals surface area contributed by atoms with Crippen molar-refractivity contribution in [2.24, 2.45) is 5.92 Å². The lowest BCUT2D eigenvalue weighted by atomic mass is 9.97. The van der Waals surface area contributed by atoms with Crippen molar-refractivity contribution in [3.63, 3.8) is 0 Å². The summed E-state index contributed by atoms with van der Waals surface area (Å²) in [6.07, 6.45) is 1.58. The van der Waals surface area contributed by atoms with E-state index in [1.165, 1.54) is 12.1 Å². The number of amides is 1. The fourth-order valence-corrected chi connectivity index (χ4v) is 3.74. The number of aromatic nitrogens is 2. The number of nitrogens with zero attached hydrogens (tertiary/aromatic N) is 4. The quantitative estimate of drug-likeness (QED) is 0.463. The van der Waals surface area contributed by atoms with E-state index in [1.54, 1.807) is 12.1 Å². The van der Waals surface area contributed by atoms with Crippen LogP contribution in [0.4, 0.5) is 17.2 Å². The molecular formula is C22H20ClN5O3. The molecule has 8 nitrogen and oxygen atoms in total. The van der Waals surface area contributed by atoms with E-state index in [0.29, 0.717) is 23.1 Å². The van der Waals surface area contributed by atoms with Gasteiger partial charge in [-0.25, -0.2) is 0 Å². The second-order valence-electron chi connectivity index (χ2n) is 7.37. The first-order chi connectivity index (χ1) is 15.0. The number of rotatable bonds is 5. The zero-order valence-corrected chi connectivity index (χ0v) is 17.3. The first-order valence-corrected chi connectivity index (χ1v) is 10.3. The molecule has 4 rings (SSSR count). The number of nitrogens with one attached hydrogen (secondary N) is 1. The van der Waals surface area contributed by atoms with Gasteiger partial charge in [0, 0.05) is 41.5 Å². The molecule has 1 amide bonds. The van der Waals surface area contributed by atoms with Crippen LogP contribution in [0.15, 0.2) is 60.7 Å². The summed E-state index contributed by atoms with van der Waals surface area (Å²) in [7, 11) is 0. The van der Waals surface area contributed by atoms with E-state index < -0.39 is 4.92 Å². The number of benzene rings is 2. The molecule has 31 heavy (non-hydrogen) atoms. The van der Waals surface area contributed by atoms with Crippen LogP contribution < -0.4 is 10.2 Å². The Kier molecular flexibility index (Phi) is 6.08. The second kappa shape index (κ2) is 9.09. The normalized spacial score (nSPS) is 16.0. The number of halogens is 1. The molecule has 1 saturated heterocycles. The van der Waals surface area contributed by atoms with Gasteiger partial charge in [0.25, 0.3) is 5.69 Å². The van der Waals surface area contributed by atoms with Crippen LogP contribution in [0.3, 0.4) is 0 Å². The SMILES string of the molecule is O=C(Nc1cccc([N+](=O)[O-])c1)C1CCCN(c2ccc(-c3ccc(Cl)cc3)nn2)C1. The summed E-state index contributed by atoms with van der Waals surface area (Å²) in [5.74, 6) is 0.312. The highest BCUT2D eigenvalue weighted by molar-refractivity contribution is 6.30. The molecule has 2 heterocycles. The van der Waals surface area contributed by atoms with Gasteiger partial charge in [-0.1, -0.05) is 29.8 Å². The predicted molar refractivity (Wildman–Crippen MR) is 119 cm³/mol. The maximum Gasteiger partial charge on any atom is 0.271 e. The van der Waals surface area contributed by atoms with E-state index >= 15 is 0 Å². The molecule has 0 spiro atoms. The first-order valence-electron chi connectivity index (χ1n) is 9.89. The molecule has 158 valence electrons. The summed E-state index contributed by atoms with van der Waals surface area (Å²) in [5.41, 5.74) is 2.04. The average molecular weight is 438 g/mol. The van der Waals surface area contributed by atoms with E-state index in [9.17, 15) is 14.9 Å². The van der Waals surface area contributed by atoms with Gasteiger partial charge in [-0.2, -0.15) is 0 Å².